The molecule has 1 N–H and O–H groups in total. The van der Waals surface area contributed by atoms with E-state index in [4.69, 9.17) is 0 Å². The summed E-state index contributed by atoms with van der Waals surface area (Å²) in [4.78, 5) is 23.6. The zero-order valence-corrected chi connectivity index (χ0v) is 13.8. The van der Waals surface area contributed by atoms with Gasteiger partial charge in [0.05, 0.1) is 18.4 Å². The van der Waals surface area contributed by atoms with Crippen LogP contribution in [0.2, 0.25) is 0 Å². The molecule has 2 atom stereocenters. The molecule has 3 aliphatic heterocycles. The van der Waals surface area contributed by atoms with Crippen molar-refractivity contribution in [2.45, 2.75) is 51.4 Å². The second-order valence-corrected chi connectivity index (χ2v) is 6.93. The van der Waals surface area contributed by atoms with Gasteiger partial charge in [0.25, 0.3) is 0 Å². The smallest absolute Gasteiger partial charge is 0.348 e. The average Bonchev–Trinajstić information content (AvgIpc) is 2.73. The van der Waals surface area contributed by atoms with Crippen molar-refractivity contribution in [3.63, 3.8) is 0 Å². The van der Waals surface area contributed by atoms with Gasteiger partial charge in [-0.2, -0.15) is 13.2 Å². The molecule has 24 heavy (non-hydrogen) atoms. The molecule has 0 saturated carbocycles. The van der Waals surface area contributed by atoms with Gasteiger partial charge in [-0.1, -0.05) is 0 Å². The predicted molar refractivity (Wildman–Crippen MR) is 82.1 cm³/mol. The van der Waals surface area contributed by atoms with Crippen molar-refractivity contribution in [3.8, 4) is 0 Å². The molecule has 3 fully saturated rings. The van der Waals surface area contributed by atoms with Crippen molar-refractivity contribution >= 4 is 5.91 Å². The number of rotatable bonds is 4. The summed E-state index contributed by atoms with van der Waals surface area (Å²) in [7, 11) is 0. The maximum atomic E-state index is 12.4. The van der Waals surface area contributed by atoms with Gasteiger partial charge in [-0.25, -0.2) is 4.98 Å². The van der Waals surface area contributed by atoms with E-state index in [-0.39, 0.29) is 11.9 Å². The molecule has 0 unspecified atom stereocenters. The number of piperidine rings is 1. The fraction of sp³-hybridized carbons (Fsp3) is 0.750. The Balaban J connectivity index is 1.63. The molecule has 0 radical (unpaired) electrons. The van der Waals surface area contributed by atoms with Crippen molar-refractivity contribution in [1.29, 1.82) is 0 Å². The lowest BCUT2D eigenvalue weighted by molar-refractivity contribution is -0.151. The van der Waals surface area contributed by atoms with Crippen molar-refractivity contribution in [2.75, 3.05) is 19.6 Å². The Morgan fingerprint density at radius 3 is 2.79 bits per heavy atom. The van der Waals surface area contributed by atoms with Crippen LogP contribution in [0.25, 0.3) is 0 Å². The summed E-state index contributed by atoms with van der Waals surface area (Å²) in [6.07, 6.45) is -2.17. The third-order valence-electron chi connectivity index (χ3n) is 5.04. The van der Waals surface area contributed by atoms with Crippen molar-refractivity contribution in [2.24, 2.45) is 5.92 Å². The maximum absolute atomic E-state index is 12.4. The van der Waals surface area contributed by atoms with E-state index in [1.807, 2.05) is 6.92 Å². The van der Waals surface area contributed by atoms with E-state index < -0.39 is 19.0 Å². The maximum Gasteiger partial charge on any atom is 0.389 e. The number of aromatic amines is 1. The van der Waals surface area contributed by atoms with Crippen LogP contribution >= 0.6 is 0 Å². The van der Waals surface area contributed by atoms with Crippen LogP contribution in [-0.2, 0) is 11.3 Å². The minimum absolute atomic E-state index is 0.0173. The Labute approximate surface area is 139 Å². The molecule has 2 bridgehead atoms. The Kier molecular flexibility index (Phi) is 4.85. The summed E-state index contributed by atoms with van der Waals surface area (Å²) >= 11 is 0. The summed E-state index contributed by atoms with van der Waals surface area (Å²) in [5, 5.41) is 0. The molecule has 4 rings (SSSR count). The highest BCUT2D eigenvalue weighted by Gasteiger charge is 2.38. The molecule has 5 nitrogen and oxygen atoms in total. The van der Waals surface area contributed by atoms with E-state index in [0.717, 1.165) is 30.8 Å². The van der Waals surface area contributed by atoms with E-state index in [1.54, 1.807) is 11.2 Å². The van der Waals surface area contributed by atoms with Gasteiger partial charge in [-0.15, -0.1) is 0 Å². The first kappa shape index (κ1) is 17.3. The summed E-state index contributed by atoms with van der Waals surface area (Å²) in [6.45, 7) is 4.85. The van der Waals surface area contributed by atoms with E-state index in [1.165, 1.54) is 0 Å². The number of amides is 1. The topological polar surface area (TPSA) is 52.2 Å². The van der Waals surface area contributed by atoms with Gasteiger partial charge in [-0.3, -0.25) is 9.69 Å². The minimum Gasteiger partial charge on any atom is -0.348 e. The summed E-state index contributed by atoms with van der Waals surface area (Å²) in [5.74, 6) is -0.0299. The molecule has 1 aromatic heterocycles. The van der Waals surface area contributed by atoms with Crippen LogP contribution in [0.15, 0.2) is 6.33 Å². The molecule has 8 heteroatoms. The number of carbonyl (C=O) groups is 1. The van der Waals surface area contributed by atoms with Crippen molar-refractivity contribution < 1.29 is 18.0 Å². The molecule has 0 spiro atoms. The Morgan fingerprint density at radius 1 is 1.33 bits per heavy atom. The fourth-order valence-corrected chi connectivity index (χ4v) is 3.76. The molecule has 0 aromatic carbocycles. The van der Waals surface area contributed by atoms with Gasteiger partial charge < -0.3 is 9.88 Å². The molecule has 3 aliphatic rings. The van der Waals surface area contributed by atoms with E-state index >= 15 is 0 Å². The Morgan fingerprint density at radius 2 is 2.12 bits per heavy atom. The lowest BCUT2D eigenvalue weighted by Gasteiger charge is -2.36. The monoisotopic (exact) mass is 344 g/mol. The number of aryl methyl sites for hydroxylation is 1. The SMILES string of the molecule is Cc1[nH]cnc1CN1C[C@@H]2CC[C@H](C1)N(C(=O)CCC(F)(F)F)C2. The number of imidazole rings is 1. The van der Waals surface area contributed by atoms with Gasteiger partial charge in [0.2, 0.25) is 5.91 Å². The molecule has 0 aliphatic carbocycles. The largest absolute Gasteiger partial charge is 0.389 e. The summed E-state index contributed by atoms with van der Waals surface area (Å²) in [5.41, 5.74) is 2.02. The van der Waals surface area contributed by atoms with E-state index in [0.29, 0.717) is 25.6 Å². The highest BCUT2D eigenvalue weighted by Crippen LogP contribution is 2.30. The average molecular weight is 344 g/mol. The zero-order chi connectivity index (χ0) is 17.3. The van der Waals surface area contributed by atoms with Crippen LogP contribution in [0.3, 0.4) is 0 Å². The van der Waals surface area contributed by atoms with Crippen LogP contribution in [0.1, 0.15) is 37.1 Å². The number of aromatic nitrogens is 2. The number of carbonyl (C=O) groups excluding carboxylic acids is 1. The molecule has 4 heterocycles. The van der Waals surface area contributed by atoms with Crippen LogP contribution in [-0.4, -0.2) is 57.5 Å². The Bertz CT molecular complexity index is 586. The highest BCUT2D eigenvalue weighted by atomic mass is 19.4. The fourth-order valence-electron chi connectivity index (χ4n) is 3.76. The molecule has 1 amide bonds. The molecule has 3 saturated heterocycles. The van der Waals surface area contributed by atoms with Crippen molar-refractivity contribution in [1.82, 2.24) is 19.8 Å². The van der Waals surface area contributed by atoms with Crippen LogP contribution in [0, 0.1) is 12.8 Å². The molecule has 1 aromatic rings. The first-order valence-electron chi connectivity index (χ1n) is 8.39. The van der Waals surface area contributed by atoms with Gasteiger partial charge in [0, 0.05) is 44.3 Å². The lowest BCUT2D eigenvalue weighted by atomic mass is 9.94. The Hall–Kier alpha value is -1.57. The number of H-pyrrole nitrogens is 1. The van der Waals surface area contributed by atoms with Gasteiger partial charge in [-0.05, 0) is 25.7 Å². The quantitative estimate of drug-likeness (QED) is 0.913. The van der Waals surface area contributed by atoms with Crippen LogP contribution < -0.4 is 0 Å². The van der Waals surface area contributed by atoms with Crippen LogP contribution in [0.4, 0.5) is 13.2 Å². The number of hydrogen-bond acceptors (Lipinski definition) is 3. The summed E-state index contributed by atoms with van der Waals surface area (Å²) < 4.78 is 37.1. The number of alkyl halides is 3. The zero-order valence-electron chi connectivity index (χ0n) is 13.8. The third-order valence-corrected chi connectivity index (χ3v) is 5.04. The molecule has 134 valence electrons. The third kappa shape index (κ3) is 4.09. The molecular weight excluding hydrogens is 321 g/mol. The highest BCUT2D eigenvalue weighted by molar-refractivity contribution is 5.76. The van der Waals surface area contributed by atoms with Gasteiger partial charge in [0.15, 0.2) is 0 Å². The van der Waals surface area contributed by atoms with Crippen LogP contribution in [0.5, 0.6) is 0 Å². The molecular formula is C16H23F3N4O. The number of halogens is 3. The van der Waals surface area contributed by atoms with Crippen molar-refractivity contribution in [3.05, 3.63) is 17.7 Å². The van der Waals surface area contributed by atoms with Gasteiger partial charge >= 0.3 is 6.18 Å². The minimum atomic E-state index is -4.27. The number of hydrogen-bond donors (Lipinski definition) is 1. The summed E-state index contributed by atoms with van der Waals surface area (Å²) in [6, 6.07) is 0.0173. The first-order chi connectivity index (χ1) is 11.3. The predicted octanol–water partition coefficient (Wildman–Crippen LogP) is 2.48. The standard InChI is InChI=1S/C16H23F3N4O/c1-11-14(21-10-20-11)9-22-6-12-2-3-13(8-22)23(7-12)15(24)4-5-16(17,18)19/h10,12-13H,2-9H2,1H3,(H,20,21)/t12-,13+/m0/s1. The first-order valence-corrected chi connectivity index (χ1v) is 8.39. The number of nitrogens with one attached hydrogen (secondary N) is 1. The number of nitrogens with zero attached hydrogens (tertiary/aromatic N) is 3. The van der Waals surface area contributed by atoms with E-state index in [2.05, 4.69) is 14.9 Å². The second kappa shape index (κ2) is 6.74. The second-order valence-electron chi connectivity index (χ2n) is 6.93. The van der Waals surface area contributed by atoms with E-state index in [9.17, 15) is 18.0 Å². The normalized spacial score (nSPS) is 25.1. The number of fused-ring (bicyclic) bond motifs is 4. The lowest BCUT2D eigenvalue weighted by Crippen LogP contribution is -2.47. The van der Waals surface area contributed by atoms with Gasteiger partial charge in [0.1, 0.15) is 0 Å².